The molecule has 0 bridgehead atoms. The molecular weight excluding hydrogens is 358 g/mol. The largest absolute Gasteiger partial charge is 0.466 e. The highest BCUT2D eigenvalue weighted by Gasteiger charge is 2.45. The highest BCUT2D eigenvalue weighted by molar-refractivity contribution is 5.80. The Morgan fingerprint density at radius 2 is 1.93 bits per heavy atom. The Labute approximate surface area is 166 Å². The molecule has 1 aromatic rings. The van der Waals surface area contributed by atoms with Crippen molar-refractivity contribution >= 4 is 11.9 Å². The van der Waals surface area contributed by atoms with Crippen LogP contribution in [0.25, 0.3) is 0 Å². The number of rotatable bonds is 7. The van der Waals surface area contributed by atoms with Gasteiger partial charge in [-0.3, -0.25) is 9.59 Å². The molecule has 1 aromatic carbocycles. The molecule has 2 aliphatic carbocycles. The maximum atomic E-state index is 13.3. The number of esters is 1. The van der Waals surface area contributed by atoms with Crippen molar-refractivity contribution in [2.75, 3.05) is 19.9 Å². The molecule has 152 valence electrons. The van der Waals surface area contributed by atoms with E-state index in [1.807, 2.05) is 30.0 Å². The molecule has 2 fully saturated rings. The Hall–Kier alpha value is -2.24. The lowest BCUT2D eigenvalue weighted by atomic mass is 9.88. The molecular formula is C22H29NO5. The molecule has 0 unspecified atom stereocenters. The van der Waals surface area contributed by atoms with E-state index in [0.717, 1.165) is 49.2 Å². The second-order valence-corrected chi connectivity index (χ2v) is 8.10. The number of benzene rings is 1. The number of amides is 1. The summed E-state index contributed by atoms with van der Waals surface area (Å²) in [6, 6.07) is 5.85. The molecule has 0 aromatic heterocycles. The Morgan fingerprint density at radius 3 is 2.71 bits per heavy atom. The summed E-state index contributed by atoms with van der Waals surface area (Å²) in [5.74, 6) is 1.85. The SMILES string of the molecule is CCOC(=O)[C@@H]1C[C@@H]1CN(Cc1ccc2c(c1)OCO2)C(=O)C1CCCCC1. The molecule has 3 aliphatic rings. The number of ether oxygens (including phenoxy) is 3. The molecule has 0 radical (unpaired) electrons. The Morgan fingerprint density at radius 1 is 1.14 bits per heavy atom. The minimum Gasteiger partial charge on any atom is -0.466 e. The van der Waals surface area contributed by atoms with Crippen molar-refractivity contribution in [1.82, 2.24) is 4.90 Å². The van der Waals surface area contributed by atoms with Gasteiger partial charge in [0.05, 0.1) is 12.5 Å². The van der Waals surface area contributed by atoms with Crippen molar-refractivity contribution in [2.24, 2.45) is 17.8 Å². The number of hydrogen-bond donors (Lipinski definition) is 0. The van der Waals surface area contributed by atoms with E-state index in [1.165, 1.54) is 6.42 Å². The fourth-order valence-corrected chi connectivity index (χ4v) is 4.37. The molecule has 1 amide bonds. The van der Waals surface area contributed by atoms with Gasteiger partial charge in [-0.1, -0.05) is 25.3 Å². The summed E-state index contributed by atoms with van der Waals surface area (Å²) in [5, 5.41) is 0. The van der Waals surface area contributed by atoms with Crippen LogP contribution in [0, 0.1) is 17.8 Å². The summed E-state index contributed by atoms with van der Waals surface area (Å²) in [7, 11) is 0. The molecule has 2 atom stereocenters. The van der Waals surface area contributed by atoms with Crippen molar-refractivity contribution in [3.63, 3.8) is 0 Å². The van der Waals surface area contributed by atoms with Crippen LogP contribution in [0.15, 0.2) is 18.2 Å². The van der Waals surface area contributed by atoms with E-state index in [-0.39, 0.29) is 36.4 Å². The number of hydrogen-bond acceptors (Lipinski definition) is 5. The van der Waals surface area contributed by atoms with Crippen LogP contribution in [0.3, 0.4) is 0 Å². The molecule has 1 heterocycles. The highest BCUT2D eigenvalue weighted by Crippen LogP contribution is 2.41. The minimum absolute atomic E-state index is 0.0571. The van der Waals surface area contributed by atoms with E-state index in [2.05, 4.69) is 0 Å². The highest BCUT2D eigenvalue weighted by atomic mass is 16.7. The molecule has 6 nitrogen and oxygen atoms in total. The summed E-state index contributed by atoms with van der Waals surface area (Å²) >= 11 is 0. The minimum atomic E-state index is -0.124. The topological polar surface area (TPSA) is 65.1 Å². The summed E-state index contributed by atoms with van der Waals surface area (Å²) < 4.78 is 16.0. The first-order valence-corrected chi connectivity index (χ1v) is 10.5. The van der Waals surface area contributed by atoms with Crippen LogP contribution in [0.5, 0.6) is 11.5 Å². The van der Waals surface area contributed by atoms with Crippen molar-refractivity contribution < 1.29 is 23.8 Å². The van der Waals surface area contributed by atoms with E-state index >= 15 is 0 Å². The third-order valence-electron chi connectivity index (χ3n) is 6.04. The van der Waals surface area contributed by atoms with Gasteiger partial charge in [0.1, 0.15) is 0 Å². The van der Waals surface area contributed by atoms with E-state index < -0.39 is 0 Å². The molecule has 2 saturated carbocycles. The van der Waals surface area contributed by atoms with Crippen molar-refractivity contribution in [1.29, 1.82) is 0 Å². The molecule has 0 saturated heterocycles. The van der Waals surface area contributed by atoms with Gasteiger partial charge in [0.15, 0.2) is 11.5 Å². The van der Waals surface area contributed by atoms with Crippen LogP contribution in [0.4, 0.5) is 0 Å². The average molecular weight is 387 g/mol. The Bertz CT molecular complexity index is 728. The number of nitrogens with zero attached hydrogens (tertiary/aromatic N) is 1. The van der Waals surface area contributed by atoms with Gasteiger partial charge in [0.2, 0.25) is 12.7 Å². The first kappa shape index (κ1) is 19.1. The third-order valence-corrected chi connectivity index (χ3v) is 6.04. The van der Waals surface area contributed by atoms with E-state index in [1.54, 1.807) is 0 Å². The van der Waals surface area contributed by atoms with Crippen molar-refractivity contribution in [2.45, 2.75) is 52.0 Å². The second kappa shape index (κ2) is 8.41. The normalized spacial score (nSPS) is 23.3. The van der Waals surface area contributed by atoms with Gasteiger partial charge >= 0.3 is 5.97 Å². The molecule has 6 heteroatoms. The molecule has 28 heavy (non-hydrogen) atoms. The summed E-state index contributed by atoms with van der Waals surface area (Å²) in [6.45, 7) is 3.63. The molecule has 0 N–H and O–H groups in total. The van der Waals surface area contributed by atoms with Gasteiger partial charge in [-0.2, -0.15) is 0 Å². The van der Waals surface area contributed by atoms with Crippen molar-refractivity contribution in [3.8, 4) is 11.5 Å². The van der Waals surface area contributed by atoms with E-state index in [4.69, 9.17) is 14.2 Å². The fourth-order valence-electron chi connectivity index (χ4n) is 4.37. The predicted molar refractivity (Wildman–Crippen MR) is 103 cm³/mol. The average Bonchev–Trinajstić information content (AvgIpc) is 3.33. The van der Waals surface area contributed by atoms with Gasteiger partial charge in [0.25, 0.3) is 0 Å². The Balaban J connectivity index is 1.45. The van der Waals surface area contributed by atoms with E-state index in [9.17, 15) is 9.59 Å². The van der Waals surface area contributed by atoms with Gasteiger partial charge in [-0.25, -0.2) is 0 Å². The summed E-state index contributed by atoms with van der Waals surface area (Å²) in [4.78, 5) is 27.2. The van der Waals surface area contributed by atoms with Gasteiger partial charge in [-0.15, -0.1) is 0 Å². The number of carbonyl (C=O) groups excluding carboxylic acids is 2. The molecule has 4 rings (SSSR count). The van der Waals surface area contributed by atoms with Gasteiger partial charge in [-0.05, 0) is 49.8 Å². The van der Waals surface area contributed by atoms with Crippen molar-refractivity contribution in [3.05, 3.63) is 23.8 Å². The van der Waals surface area contributed by atoms with E-state index in [0.29, 0.717) is 19.7 Å². The molecule has 0 spiro atoms. The van der Waals surface area contributed by atoms with Crippen LogP contribution in [0.1, 0.15) is 51.0 Å². The third kappa shape index (κ3) is 4.26. The lowest BCUT2D eigenvalue weighted by Crippen LogP contribution is -2.38. The van der Waals surface area contributed by atoms with Crippen LogP contribution in [-0.2, 0) is 20.9 Å². The first-order valence-electron chi connectivity index (χ1n) is 10.5. The maximum Gasteiger partial charge on any atom is 0.309 e. The van der Waals surface area contributed by atoms with Gasteiger partial charge in [0, 0.05) is 19.0 Å². The lowest BCUT2D eigenvalue weighted by molar-refractivity contribution is -0.145. The molecule has 1 aliphatic heterocycles. The van der Waals surface area contributed by atoms with Crippen LogP contribution in [-0.4, -0.2) is 36.7 Å². The number of carbonyl (C=O) groups is 2. The first-order chi connectivity index (χ1) is 13.7. The smallest absolute Gasteiger partial charge is 0.309 e. The van der Waals surface area contributed by atoms with Crippen LogP contribution >= 0.6 is 0 Å². The van der Waals surface area contributed by atoms with Gasteiger partial charge < -0.3 is 19.1 Å². The second-order valence-electron chi connectivity index (χ2n) is 8.10. The van der Waals surface area contributed by atoms with Crippen LogP contribution in [0.2, 0.25) is 0 Å². The maximum absolute atomic E-state index is 13.3. The monoisotopic (exact) mass is 387 g/mol. The zero-order valence-corrected chi connectivity index (χ0v) is 16.5. The number of fused-ring (bicyclic) bond motifs is 1. The standard InChI is InChI=1S/C22H29NO5/c1-2-26-22(25)18-11-17(18)13-23(21(24)16-6-4-3-5-7-16)12-15-8-9-19-20(10-15)28-14-27-19/h8-10,16-18H,2-7,11-14H2,1H3/t17-,18-/m1/s1. The Kier molecular flexibility index (Phi) is 5.74. The lowest BCUT2D eigenvalue weighted by Gasteiger charge is -2.29. The summed E-state index contributed by atoms with van der Waals surface area (Å²) in [5.41, 5.74) is 1.03. The zero-order chi connectivity index (χ0) is 19.5. The predicted octanol–water partition coefficient (Wildman–Crippen LogP) is 3.52. The zero-order valence-electron chi connectivity index (χ0n) is 16.5. The van der Waals surface area contributed by atoms with Crippen LogP contribution < -0.4 is 9.47 Å². The fraction of sp³-hybridized carbons (Fsp3) is 0.636. The summed E-state index contributed by atoms with van der Waals surface area (Å²) in [6.07, 6.45) is 6.24. The quantitative estimate of drug-likeness (QED) is 0.670.